The van der Waals surface area contributed by atoms with E-state index >= 15 is 0 Å². The molecule has 96 valence electrons. The number of ether oxygens (including phenoxy) is 1. The van der Waals surface area contributed by atoms with Gasteiger partial charge >= 0.3 is 6.09 Å². The summed E-state index contributed by atoms with van der Waals surface area (Å²) < 4.78 is 5.16. The van der Waals surface area contributed by atoms with E-state index < -0.39 is 11.7 Å². The lowest BCUT2D eigenvalue weighted by molar-refractivity contribution is 0.0494. The third-order valence-electron chi connectivity index (χ3n) is 2.10. The maximum Gasteiger partial charge on any atom is 0.407 e. The number of rotatable bonds is 6. The maximum absolute atomic E-state index is 11.5. The standard InChI is InChI=1S/C12H25NO3/c1-5-6-7-10(8-9-14)13-11(15)16-12(2,3)4/h10,14H,5-9H2,1-4H3,(H,13,15). The molecule has 0 spiro atoms. The Morgan fingerprint density at radius 1 is 1.38 bits per heavy atom. The number of aliphatic hydroxyl groups is 1. The highest BCUT2D eigenvalue weighted by atomic mass is 16.6. The van der Waals surface area contributed by atoms with E-state index in [1.165, 1.54) is 0 Å². The summed E-state index contributed by atoms with van der Waals surface area (Å²) in [5, 5.41) is 11.7. The Morgan fingerprint density at radius 2 is 2.00 bits per heavy atom. The van der Waals surface area contributed by atoms with Gasteiger partial charge in [0.1, 0.15) is 5.60 Å². The molecule has 1 unspecified atom stereocenters. The Bertz CT molecular complexity index is 199. The van der Waals surface area contributed by atoms with Crippen molar-refractivity contribution < 1.29 is 14.6 Å². The van der Waals surface area contributed by atoms with Crippen LogP contribution in [-0.4, -0.2) is 29.4 Å². The van der Waals surface area contributed by atoms with Gasteiger partial charge in [0.05, 0.1) is 0 Å². The second-order valence-electron chi connectivity index (χ2n) is 5.00. The van der Waals surface area contributed by atoms with E-state index in [0.29, 0.717) is 6.42 Å². The van der Waals surface area contributed by atoms with E-state index in [-0.39, 0.29) is 12.6 Å². The van der Waals surface area contributed by atoms with E-state index in [1.807, 2.05) is 20.8 Å². The Morgan fingerprint density at radius 3 is 2.44 bits per heavy atom. The molecule has 4 nitrogen and oxygen atoms in total. The summed E-state index contributed by atoms with van der Waals surface area (Å²) >= 11 is 0. The molecule has 0 saturated heterocycles. The Labute approximate surface area is 98.4 Å². The summed E-state index contributed by atoms with van der Waals surface area (Å²) in [5.74, 6) is 0. The Hall–Kier alpha value is -0.770. The lowest BCUT2D eigenvalue weighted by Gasteiger charge is -2.23. The molecule has 16 heavy (non-hydrogen) atoms. The number of amides is 1. The normalized spacial score (nSPS) is 13.3. The molecule has 0 aromatic heterocycles. The van der Waals surface area contributed by atoms with Crippen LogP contribution in [-0.2, 0) is 4.74 Å². The van der Waals surface area contributed by atoms with Crippen LogP contribution in [0, 0.1) is 0 Å². The first-order valence-corrected chi connectivity index (χ1v) is 5.99. The largest absolute Gasteiger partial charge is 0.444 e. The molecule has 0 saturated carbocycles. The van der Waals surface area contributed by atoms with Gasteiger partial charge in [-0.1, -0.05) is 19.8 Å². The Kier molecular flexibility index (Phi) is 7.13. The number of hydrogen-bond donors (Lipinski definition) is 2. The molecule has 0 aromatic rings. The molecule has 0 fully saturated rings. The van der Waals surface area contributed by atoms with E-state index in [0.717, 1.165) is 19.3 Å². The van der Waals surface area contributed by atoms with Gasteiger partial charge in [-0.3, -0.25) is 0 Å². The van der Waals surface area contributed by atoms with Gasteiger partial charge in [-0.25, -0.2) is 4.79 Å². The van der Waals surface area contributed by atoms with E-state index in [9.17, 15) is 4.79 Å². The van der Waals surface area contributed by atoms with E-state index in [2.05, 4.69) is 12.2 Å². The van der Waals surface area contributed by atoms with Gasteiger partial charge in [0, 0.05) is 12.6 Å². The minimum atomic E-state index is -0.474. The van der Waals surface area contributed by atoms with Crippen molar-refractivity contribution in [2.24, 2.45) is 0 Å². The lowest BCUT2D eigenvalue weighted by Crippen LogP contribution is -2.39. The van der Waals surface area contributed by atoms with Crippen LogP contribution in [0.4, 0.5) is 4.79 Å². The maximum atomic E-state index is 11.5. The number of nitrogens with one attached hydrogen (secondary N) is 1. The quantitative estimate of drug-likeness (QED) is 0.738. The first-order chi connectivity index (χ1) is 7.39. The predicted octanol–water partition coefficient (Wildman–Crippen LogP) is 2.45. The molecule has 0 radical (unpaired) electrons. The third-order valence-corrected chi connectivity index (χ3v) is 2.10. The molecule has 0 rings (SSSR count). The summed E-state index contributed by atoms with van der Waals surface area (Å²) in [6.45, 7) is 7.69. The van der Waals surface area contributed by atoms with Gasteiger partial charge in [-0.15, -0.1) is 0 Å². The zero-order valence-electron chi connectivity index (χ0n) is 10.9. The number of carbonyl (C=O) groups is 1. The smallest absolute Gasteiger partial charge is 0.407 e. The lowest BCUT2D eigenvalue weighted by atomic mass is 10.1. The zero-order valence-corrected chi connectivity index (χ0v) is 10.9. The molecular weight excluding hydrogens is 206 g/mol. The van der Waals surface area contributed by atoms with Crippen molar-refractivity contribution in [2.45, 2.75) is 65.0 Å². The molecule has 4 heteroatoms. The zero-order chi connectivity index (χ0) is 12.6. The van der Waals surface area contributed by atoms with Crippen molar-refractivity contribution in [3.05, 3.63) is 0 Å². The fourth-order valence-corrected chi connectivity index (χ4v) is 1.37. The van der Waals surface area contributed by atoms with Gasteiger partial charge < -0.3 is 15.2 Å². The minimum Gasteiger partial charge on any atom is -0.444 e. The third kappa shape index (κ3) is 8.53. The molecule has 2 N–H and O–H groups in total. The average molecular weight is 231 g/mol. The first-order valence-electron chi connectivity index (χ1n) is 5.99. The molecule has 0 aromatic carbocycles. The molecule has 0 bridgehead atoms. The van der Waals surface area contributed by atoms with E-state index in [4.69, 9.17) is 9.84 Å². The van der Waals surface area contributed by atoms with Crippen LogP contribution in [0.5, 0.6) is 0 Å². The van der Waals surface area contributed by atoms with E-state index in [1.54, 1.807) is 0 Å². The van der Waals surface area contributed by atoms with Crippen LogP contribution >= 0.6 is 0 Å². The first kappa shape index (κ1) is 15.2. The summed E-state index contributed by atoms with van der Waals surface area (Å²) in [4.78, 5) is 11.5. The number of hydrogen-bond acceptors (Lipinski definition) is 3. The van der Waals surface area contributed by atoms with Crippen molar-refractivity contribution in [1.29, 1.82) is 0 Å². The van der Waals surface area contributed by atoms with Crippen LogP contribution in [0.3, 0.4) is 0 Å². The molecule has 0 aliphatic heterocycles. The fourth-order valence-electron chi connectivity index (χ4n) is 1.37. The average Bonchev–Trinajstić information content (AvgIpc) is 2.11. The predicted molar refractivity (Wildman–Crippen MR) is 64.4 cm³/mol. The van der Waals surface area contributed by atoms with Crippen molar-refractivity contribution in [1.82, 2.24) is 5.32 Å². The van der Waals surface area contributed by atoms with Gasteiger partial charge in [0.2, 0.25) is 0 Å². The molecule has 0 aliphatic carbocycles. The van der Waals surface area contributed by atoms with Crippen molar-refractivity contribution in [3.8, 4) is 0 Å². The van der Waals surface area contributed by atoms with Crippen LogP contribution in [0.1, 0.15) is 53.4 Å². The molecule has 1 amide bonds. The summed E-state index contributed by atoms with van der Waals surface area (Å²) in [7, 11) is 0. The monoisotopic (exact) mass is 231 g/mol. The topological polar surface area (TPSA) is 58.6 Å². The fraction of sp³-hybridized carbons (Fsp3) is 0.917. The number of aliphatic hydroxyl groups excluding tert-OH is 1. The number of unbranched alkanes of at least 4 members (excludes halogenated alkanes) is 1. The van der Waals surface area contributed by atoms with Crippen LogP contribution in [0.2, 0.25) is 0 Å². The number of alkyl carbamates (subject to hydrolysis) is 1. The van der Waals surface area contributed by atoms with Crippen molar-refractivity contribution in [2.75, 3.05) is 6.61 Å². The summed E-state index contributed by atoms with van der Waals surface area (Å²) in [6, 6.07) is 0.0137. The molecule has 1 atom stereocenters. The summed E-state index contributed by atoms with van der Waals surface area (Å²) in [6.07, 6.45) is 3.19. The van der Waals surface area contributed by atoms with Gasteiger partial charge in [0.25, 0.3) is 0 Å². The number of carbonyl (C=O) groups excluding carboxylic acids is 1. The summed E-state index contributed by atoms with van der Waals surface area (Å²) in [5.41, 5.74) is -0.474. The van der Waals surface area contributed by atoms with Crippen molar-refractivity contribution in [3.63, 3.8) is 0 Å². The molecule has 0 heterocycles. The second kappa shape index (κ2) is 7.49. The second-order valence-corrected chi connectivity index (χ2v) is 5.00. The van der Waals surface area contributed by atoms with Gasteiger partial charge in [-0.05, 0) is 33.6 Å². The van der Waals surface area contributed by atoms with Gasteiger partial charge in [-0.2, -0.15) is 0 Å². The SMILES string of the molecule is CCCCC(CCO)NC(=O)OC(C)(C)C. The minimum absolute atomic E-state index is 0.0137. The van der Waals surface area contributed by atoms with Crippen molar-refractivity contribution >= 4 is 6.09 Å². The van der Waals surface area contributed by atoms with Gasteiger partial charge in [0.15, 0.2) is 0 Å². The van der Waals surface area contributed by atoms with Crippen LogP contribution in [0.25, 0.3) is 0 Å². The highest BCUT2D eigenvalue weighted by molar-refractivity contribution is 5.68. The highest BCUT2D eigenvalue weighted by Crippen LogP contribution is 2.09. The Balaban J connectivity index is 4.02. The van der Waals surface area contributed by atoms with Crippen LogP contribution in [0.15, 0.2) is 0 Å². The van der Waals surface area contributed by atoms with Crippen LogP contribution < -0.4 is 5.32 Å². The molecule has 0 aliphatic rings. The molecular formula is C12H25NO3. The highest BCUT2D eigenvalue weighted by Gasteiger charge is 2.18.